The summed E-state index contributed by atoms with van der Waals surface area (Å²) in [7, 11) is -2.63. The van der Waals surface area contributed by atoms with Crippen LogP contribution >= 0.6 is 0 Å². The minimum absolute atomic E-state index is 0.0518. The third-order valence-electron chi connectivity index (χ3n) is 8.17. The molecule has 1 fully saturated rings. The van der Waals surface area contributed by atoms with E-state index < -0.39 is 28.5 Å². The molecule has 3 aromatic carbocycles. The van der Waals surface area contributed by atoms with Gasteiger partial charge in [0.15, 0.2) is 0 Å². The van der Waals surface area contributed by atoms with Crippen LogP contribution in [0.5, 0.6) is 11.5 Å². The number of sulfonamides is 1. The van der Waals surface area contributed by atoms with Gasteiger partial charge in [0.25, 0.3) is 10.0 Å². The first-order chi connectivity index (χ1) is 21.7. The second-order valence-corrected chi connectivity index (χ2v) is 13.2. The third-order valence-corrected chi connectivity index (χ3v) is 9.95. The minimum Gasteiger partial charge on any atom is -0.497 e. The largest absolute Gasteiger partial charge is 0.497 e. The summed E-state index contributed by atoms with van der Waals surface area (Å²) in [4.78, 5) is 29.7. The SMILES string of the molecule is CCOc1ccccc1N(CC(=O)N(Cc1ccc(OC)cc1)[C@@H](CC)C(=O)NC1CCCCC1)S(=O)(=O)c1ccc(C)cc1. The molecule has 1 aliphatic carbocycles. The molecular formula is C35H45N3O6S. The van der Waals surface area contributed by atoms with Crippen LogP contribution in [0.25, 0.3) is 0 Å². The van der Waals surface area contributed by atoms with Crippen LogP contribution in [0, 0.1) is 6.92 Å². The first-order valence-electron chi connectivity index (χ1n) is 15.7. The van der Waals surface area contributed by atoms with Crippen molar-refractivity contribution in [3.63, 3.8) is 0 Å². The number of aryl methyl sites for hydroxylation is 1. The van der Waals surface area contributed by atoms with E-state index in [9.17, 15) is 18.0 Å². The van der Waals surface area contributed by atoms with Crippen LogP contribution in [0.4, 0.5) is 5.69 Å². The van der Waals surface area contributed by atoms with E-state index in [1.165, 1.54) is 17.0 Å². The summed E-state index contributed by atoms with van der Waals surface area (Å²) in [5, 5.41) is 3.18. The number of anilines is 1. The maximum atomic E-state index is 14.4. The van der Waals surface area contributed by atoms with Crippen LogP contribution in [0.2, 0.25) is 0 Å². The quantitative estimate of drug-likeness (QED) is 0.238. The van der Waals surface area contributed by atoms with Gasteiger partial charge in [0.05, 0.1) is 24.3 Å². The fraction of sp³-hybridized carbons (Fsp3) is 0.429. The van der Waals surface area contributed by atoms with Gasteiger partial charge in [-0.05, 0) is 75.1 Å². The van der Waals surface area contributed by atoms with Crippen molar-refractivity contribution in [1.82, 2.24) is 10.2 Å². The van der Waals surface area contributed by atoms with E-state index in [-0.39, 0.29) is 29.1 Å². The van der Waals surface area contributed by atoms with Gasteiger partial charge in [-0.15, -0.1) is 0 Å². The summed E-state index contributed by atoms with van der Waals surface area (Å²) >= 11 is 0. The summed E-state index contributed by atoms with van der Waals surface area (Å²) in [6.45, 7) is 5.46. The Morgan fingerprint density at radius 3 is 2.22 bits per heavy atom. The molecule has 0 bridgehead atoms. The number of hydrogen-bond acceptors (Lipinski definition) is 6. The van der Waals surface area contributed by atoms with E-state index in [2.05, 4.69) is 5.32 Å². The monoisotopic (exact) mass is 635 g/mol. The van der Waals surface area contributed by atoms with Crippen molar-refractivity contribution in [3.05, 3.63) is 83.9 Å². The number of methoxy groups -OCH3 is 1. The van der Waals surface area contributed by atoms with E-state index >= 15 is 0 Å². The molecule has 10 heteroatoms. The number of para-hydroxylation sites is 2. The van der Waals surface area contributed by atoms with Gasteiger partial charge >= 0.3 is 0 Å². The number of ether oxygens (including phenoxy) is 2. The molecule has 2 amide bonds. The van der Waals surface area contributed by atoms with Crippen molar-refractivity contribution >= 4 is 27.5 Å². The van der Waals surface area contributed by atoms with E-state index in [0.717, 1.165) is 47.5 Å². The van der Waals surface area contributed by atoms with Crippen molar-refractivity contribution in [2.24, 2.45) is 0 Å². The number of rotatable bonds is 14. The molecule has 1 aliphatic rings. The molecule has 4 rings (SSSR count). The van der Waals surface area contributed by atoms with E-state index in [1.807, 2.05) is 32.9 Å². The molecule has 0 aliphatic heterocycles. The van der Waals surface area contributed by atoms with Gasteiger partial charge in [0.1, 0.15) is 24.1 Å². The Kier molecular flexibility index (Phi) is 11.9. The van der Waals surface area contributed by atoms with Crippen LogP contribution in [0.3, 0.4) is 0 Å². The fourth-order valence-electron chi connectivity index (χ4n) is 5.68. The lowest BCUT2D eigenvalue weighted by molar-refractivity contribution is -0.140. The average Bonchev–Trinajstić information content (AvgIpc) is 3.05. The first kappa shape index (κ1) is 33.8. The fourth-order valence-corrected chi connectivity index (χ4v) is 7.11. The third kappa shape index (κ3) is 8.57. The highest BCUT2D eigenvalue weighted by Crippen LogP contribution is 2.33. The zero-order valence-electron chi connectivity index (χ0n) is 26.7. The number of carbonyl (C=O) groups is 2. The Balaban J connectivity index is 1.74. The Morgan fingerprint density at radius 2 is 1.60 bits per heavy atom. The number of hydrogen-bond donors (Lipinski definition) is 1. The summed E-state index contributed by atoms with van der Waals surface area (Å²) in [5.74, 6) is 0.279. The van der Waals surface area contributed by atoms with Crippen LogP contribution in [0.15, 0.2) is 77.7 Å². The molecular weight excluding hydrogens is 590 g/mol. The summed E-state index contributed by atoms with van der Waals surface area (Å²) in [6, 6.07) is 19.8. The number of carbonyl (C=O) groups excluding carboxylic acids is 2. The standard InChI is InChI=1S/C35H45N3O6S/c1-5-31(35(40)36-28-12-8-7-9-13-28)37(24-27-18-20-29(43-4)21-19-27)34(39)25-38(32-14-10-11-15-33(32)44-6-2)45(41,42)30-22-16-26(3)17-23-30/h10-11,14-23,28,31H,5-9,12-13,24-25H2,1-4H3,(H,36,40)/t31-/m0/s1. The molecule has 1 saturated carbocycles. The van der Waals surface area contributed by atoms with Crippen molar-refractivity contribution in [2.45, 2.75) is 82.8 Å². The Labute approximate surface area is 267 Å². The average molecular weight is 636 g/mol. The van der Waals surface area contributed by atoms with Crippen molar-refractivity contribution < 1.29 is 27.5 Å². The van der Waals surface area contributed by atoms with Gasteiger partial charge in [-0.3, -0.25) is 13.9 Å². The van der Waals surface area contributed by atoms with Crippen molar-refractivity contribution in [2.75, 3.05) is 24.6 Å². The summed E-state index contributed by atoms with van der Waals surface area (Å²) < 4.78 is 40.7. The first-order valence-corrected chi connectivity index (χ1v) is 17.2. The van der Waals surface area contributed by atoms with Gasteiger partial charge < -0.3 is 19.7 Å². The number of nitrogens with one attached hydrogen (secondary N) is 1. The lowest BCUT2D eigenvalue weighted by Crippen LogP contribution is -2.54. The molecule has 1 atom stereocenters. The minimum atomic E-state index is -4.21. The van der Waals surface area contributed by atoms with Gasteiger partial charge in [-0.1, -0.05) is 68.1 Å². The molecule has 1 N–H and O–H groups in total. The molecule has 9 nitrogen and oxygen atoms in total. The Hall–Kier alpha value is -4.05. The number of nitrogens with zero attached hydrogens (tertiary/aromatic N) is 2. The highest BCUT2D eigenvalue weighted by Gasteiger charge is 2.35. The molecule has 45 heavy (non-hydrogen) atoms. The second kappa shape index (κ2) is 15.8. The van der Waals surface area contributed by atoms with Gasteiger partial charge in [-0.2, -0.15) is 0 Å². The van der Waals surface area contributed by atoms with Gasteiger partial charge in [-0.25, -0.2) is 8.42 Å². The molecule has 0 aromatic heterocycles. The Morgan fingerprint density at radius 1 is 0.933 bits per heavy atom. The molecule has 0 saturated heterocycles. The molecule has 242 valence electrons. The molecule has 0 heterocycles. The predicted octanol–water partition coefficient (Wildman–Crippen LogP) is 5.85. The van der Waals surface area contributed by atoms with E-state index in [4.69, 9.17) is 9.47 Å². The predicted molar refractivity (Wildman–Crippen MR) is 176 cm³/mol. The lowest BCUT2D eigenvalue weighted by atomic mass is 9.95. The second-order valence-electron chi connectivity index (χ2n) is 11.4. The van der Waals surface area contributed by atoms with Crippen LogP contribution in [-0.4, -0.2) is 57.5 Å². The summed E-state index contributed by atoms with van der Waals surface area (Å²) in [6.07, 6.45) is 5.44. The molecule has 0 unspecified atom stereocenters. The maximum Gasteiger partial charge on any atom is 0.264 e. The highest BCUT2D eigenvalue weighted by molar-refractivity contribution is 7.92. The number of amides is 2. The van der Waals surface area contributed by atoms with Crippen LogP contribution in [0.1, 0.15) is 63.5 Å². The molecule has 0 spiro atoms. The van der Waals surface area contributed by atoms with Gasteiger partial charge in [0, 0.05) is 12.6 Å². The van der Waals surface area contributed by atoms with Crippen molar-refractivity contribution in [1.29, 1.82) is 0 Å². The zero-order chi connectivity index (χ0) is 32.4. The maximum absolute atomic E-state index is 14.4. The number of benzene rings is 3. The smallest absolute Gasteiger partial charge is 0.264 e. The summed E-state index contributed by atoms with van der Waals surface area (Å²) in [5.41, 5.74) is 1.94. The van der Waals surface area contributed by atoms with E-state index in [0.29, 0.717) is 24.5 Å². The van der Waals surface area contributed by atoms with Crippen LogP contribution < -0.4 is 19.1 Å². The van der Waals surface area contributed by atoms with Crippen molar-refractivity contribution in [3.8, 4) is 11.5 Å². The molecule has 0 radical (unpaired) electrons. The topological polar surface area (TPSA) is 105 Å². The normalized spacial score (nSPS) is 14.3. The van der Waals surface area contributed by atoms with Gasteiger partial charge in [0.2, 0.25) is 11.8 Å². The molecule has 3 aromatic rings. The highest BCUT2D eigenvalue weighted by atomic mass is 32.2. The van der Waals surface area contributed by atoms with Crippen LogP contribution in [-0.2, 0) is 26.2 Å². The lowest BCUT2D eigenvalue weighted by Gasteiger charge is -2.34. The Bertz CT molecular complexity index is 1520. The van der Waals surface area contributed by atoms with E-state index in [1.54, 1.807) is 55.6 Å². The zero-order valence-corrected chi connectivity index (χ0v) is 27.5.